The Morgan fingerprint density at radius 3 is 2.44 bits per heavy atom. The summed E-state index contributed by atoms with van der Waals surface area (Å²) < 4.78 is 13.0. The van der Waals surface area contributed by atoms with E-state index in [2.05, 4.69) is 5.32 Å². The molecule has 0 unspecified atom stereocenters. The molecule has 4 nitrogen and oxygen atoms in total. The molecule has 1 N–H and O–H groups in total. The molecule has 3 rings (SSSR count). The van der Waals surface area contributed by atoms with Crippen LogP contribution in [-0.2, 0) is 16.1 Å². The van der Waals surface area contributed by atoms with Gasteiger partial charge in [-0.05, 0) is 23.3 Å². The third kappa shape index (κ3) is 4.50. The van der Waals surface area contributed by atoms with Gasteiger partial charge in [0, 0.05) is 18.2 Å². The zero-order valence-corrected chi connectivity index (χ0v) is 16.2. The van der Waals surface area contributed by atoms with Crippen LogP contribution in [-0.4, -0.2) is 28.5 Å². The molecule has 0 saturated carbocycles. The molecule has 1 aliphatic rings. The van der Waals surface area contributed by atoms with Crippen LogP contribution in [0.5, 0.6) is 0 Å². The average molecular weight is 386 g/mol. The first-order chi connectivity index (χ1) is 13.0. The molecule has 6 heteroatoms. The van der Waals surface area contributed by atoms with Gasteiger partial charge < -0.3 is 10.2 Å². The van der Waals surface area contributed by atoms with Crippen molar-refractivity contribution in [1.29, 1.82) is 0 Å². The third-order valence-corrected chi connectivity index (χ3v) is 5.84. The van der Waals surface area contributed by atoms with Crippen LogP contribution < -0.4 is 5.32 Å². The smallest absolute Gasteiger partial charge is 0.243 e. The lowest BCUT2D eigenvalue weighted by molar-refractivity contribution is -0.142. The van der Waals surface area contributed by atoms with Crippen molar-refractivity contribution in [2.24, 2.45) is 5.92 Å². The van der Waals surface area contributed by atoms with E-state index in [9.17, 15) is 14.0 Å². The summed E-state index contributed by atoms with van der Waals surface area (Å²) in [5.74, 6) is -0.165. The molecular formula is C21H23FN2O2S. The number of benzene rings is 2. The molecule has 2 aromatic rings. The maximum absolute atomic E-state index is 13.0. The number of halogens is 1. The lowest BCUT2D eigenvalue weighted by atomic mass is 10.1. The second-order valence-corrected chi connectivity index (χ2v) is 7.97. The fourth-order valence-corrected chi connectivity index (χ4v) is 4.50. The summed E-state index contributed by atoms with van der Waals surface area (Å²) in [7, 11) is 0. The van der Waals surface area contributed by atoms with Crippen LogP contribution in [0.4, 0.5) is 4.39 Å². The van der Waals surface area contributed by atoms with Crippen molar-refractivity contribution < 1.29 is 14.0 Å². The van der Waals surface area contributed by atoms with E-state index in [0.717, 1.165) is 11.1 Å². The summed E-state index contributed by atoms with van der Waals surface area (Å²) in [5.41, 5.74) is 1.84. The Morgan fingerprint density at radius 2 is 1.81 bits per heavy atom. The molecule has 27 heavy (non-hydrogen) atoms. The van der Waals surface area contributed by atoms with Gasteiger partial charge in [0.2, 0.25) is 11.8 Å². The van der Waals surface area contributed by atoms with Crippen molar-refractivity contribution in [1.82, 2.24) is 10.2 Å². The average Bonchev–Trinajstić information content (AvgIpc) is 3.12. The third-order valence-electron chi connectivity index (χ3n) is 4.52. The highest BCUT2D eigenvalue weighted by Crippen LogP contribution is 2.42. The zero-order valence-electron chi connectivity index (χ0n) is 15.4. The molecule has 1 aliphatic heterocycles. The maximum Gasteiger partial charge on any atom is 0.243 e. The predicted molar refractivity (Wildman–Crippen MR) is 105 cm³/mol. The number of nitrogens with one attached hydrogen (secondary N) is 1. The van der Waals surface area contributed by atoms with Crippen LogP contribution in [0.15, 0.2) is 54.6 Å². The molecule has 0 spiro atoms. The largest absolute Gasteiger partial charge is 0.350 e. The molecule has 0 radical (unpaired) electrons. The number of carbonyl (C=O) groups is 2. The molecule has 1 fully saturated rings. The van der Waals surface area contributed by atoms with Gasteiger partial charge in [0.25, 0.3) is 0 Å². The standard InChI is InChI=1S/C21H23FN2O2S/c1-14(2)20(26)24-18(13-27-21(24)16-6-4-3-5-7-16)19(25)23-12-15-8-10-17(22)11-9-15/h3-11,14,18,21H,12-13H2,1-2H3,(H,23,25)/t18-,21-/m0/s1. The first-order valence-corrected chi connectivity index (χ1v) is 10.0. The van der Waals surface area contributed by atoms with E-state index in [1.807, 2.05) is 44.2 Å². The number of thioether (sulfide) groups is 1. The summed E-state index contributed by atoms with van der Waals surface area (Å²) in [6.07, 6.45) is 0. The molecule has 2 atom stereocenters. The molecule has 0 aliphatic carbocycles. The Hall–Kier alpha value is -2.34. The minimum Gasteiger partial charge on any atom is -0.350 e. The van der Waals surface area contributed by atoms with Gasteiger partial charge in [-0.25, -0.2) is 4.39 Å². The van der Waals surface area contributed by atoms with E-state index in [-0.39, 0.29) is 28.9 Å². The molecule has 2 aromatic carbocycles. The lowest BCUT2D eigenvalue weighted by Gasteiger charge is -2.30. The number of rotatable bonds is 5. The first-order valence-electron chi connectivity index (χ1n) is 8.98. The van der Waals surface area contributed by atoms with E-state index in [1.165, 1.54) is 12.1 Å². The minimum atomic E-state index is -0.518. The van der Waals surface area contributed by atoms with Crippen molar-refractivity contribution in [3.8, 4) is 0 Å². The summed E-state index contributed by atoms with van der Waals surface area (Å²) in [6, 6.07) is 15.3. The Morgan fingerprint density at radius 1 is 1.15 bits per heavy atom. The zero-order chi connectivity index (χ0) is 19.4. The van der Waals surface area contributed by atoms with Crippen LogP contribution in [0.25, 0.3) is 0 Å². The van der Waals surface area contributed by atoms with Crippen molar-refractivity contribution in [3.63, 3.8) is 0 Å². The van der Waals surface area contributed by atoms with Crippen molar-refractivity contribution in [2.75, 3.05) is 5.75 Å². The monoisotopic (exact) mass is 386 g/mol. The van der Waals surface area contributed by atoms with E-state index in [4.69, 9.17) is 0 Å². The summed E-state index contributed by atoms with van der Waals surface area (Å²) in [6.45, 7) is 4.00. The molecule has 142 valence electrons. The number of amides is 2. The highest BCUT2D eigenvalue weighted by atomic mass is 32.2. The first kappa shape index (κ1) is 19.4. The van der Waals surface area contributed by atoms with Crippen LogP contribution in [0.1, 0.15) is 30.3 Å². The minimum absolute atomic E-state index is 0.0317. The Labute approximate surface area is 163 Å². The van der Waals surface area contributed by atoms with Gasteiger partial charge in [0.15, 0.2) is 0 Å². The summed E-state index contributed by atoms with van der Waals surface area (Å²) >= 11 is 1.60. The Balaban J connectivity index is 1.75. The molecule has 1 heterocycles. The second kappa shape index (κ2) is 8.57. The highest BCUT2D eigenvalue weighted by Gasteiger charge is 2.42. The molecule has 0 bridgehead atoms. The predicted octanol–water partition coefficient (Wildman–Crippen LogP) is 3.74. The van der Waals surface area contributed by atoms with Gasteiger partial charge in [-0.15, -0.1) is 11.8 Å². The van der Waals surface area contributed by atoms with Gasteiger partial charge in [0.1, 0.15) is 17.2 Å². The topological polar surface area (TPSA) is 49.4 Å². The van der Waals surface area contributed by atoms with Gasteiger partial charge in [-0.1, -0.05) is 56.3 Å². The van der Waals surface area contributed by atoms with Gasteiger partial charge in [-0.2, -0.15) is 0 Å². The number of hydrogen-bond acceptors (Lipinski definition) is 3. The fraction of sp³-hybridized carbons (Fsp3) is 0.333. The van der Waals surface area contributed by atoms with Crippen LogP contribution in [0.3, 0.4) is 0 Å². The van der Waals surface area contributed by atoms with Crippen molar-refractivity contribution in [2.45, 2.75) is 31.8 Å². The normalized spacial score (nSPS) is 19.3. The van der Waals surface area contributed by atoms with Gasteiger partial charge in [-0.3, -0.25) is 9.59 Å². The quantitative estimate of drug-likeness (QED) is 0.852. The van der Waals surface area contributed by atoms with Crippen LogP contribution in [0.2, 0.25) is 0 Å². The lowest BCUT2D eigenvalue weighted by Crippen LogP contribution is -2.49. The SMILES string of the molecule is CC(C)C(=O)N1[C@H](C(=O)NCc2ccc(F)cc2)CS[C@H]1c1ccccc1. The van der Waals surface area contributed by atoms with Crippen molar-refractivity contribution >= 4 is 23.6 Å². The fourth-order valence-electron chi connectivity index (χ4n) is 3.06. The van der Waals surface area contributed by atoms with Crippen LogP contribution in [0, 0.1) is 11.7 Å². The Kier molecular flexibility index (Phi) is 6.16. The maximum atomic E-state index is 13.0. The molecule has 0 aromatic heterocycles. The molecule has 2 amide bonds. The van der Waals surface area contributed by atoms with Crippen molar-refractivity contribution in [3.05, 3.63) is 71.5 Å². The highest BCUT2D eigenvalue weighted by molar-refractivity contribution is 7.99. The number of hydrogen-bond donors (Lipinski definition) is 1. The summed E-state index contributed by atoms with van der Waals surface area (Å²) in [4.78, 5) is 27.4. The summed E-state index contributed by atoms with van der Waals surface area (Å²) in [5, 5.41) is 2.72. The van der Waals surface area contributed by atoms with E-state index >= 15 is 0 Å². The van der Waals surface area contributed by atoms with Crippen LogP contribution >= 0.6 is 11.8 Å². The number of nitrogens with zero attached hydrogens (tertiary/aromatic N) is 1. The van der Waals surface area contributed by atoms with E-state index in [1.54, 1.807) is 28.8 Å². The molecule has 1 saturated heterocycles. The van der Waals surface area contributed by atoms with Gasteiger partial charge >= 0.3 is 0 Å². The van der Waals surface area contributed by atoms with E-state index < -0.39 is 6.04 Å². The van der Waals surface area contributed by atoms with E-state index in [0.29, 0.717) is 12.3 Å². The van der Waals surface area contributed by atoms with Gasteiger partial charge in [0.05, 0.1) is 0 Å². The second-order valence-electron chi connectivity index (χ2n) is 6.86. The number of carbonyl (C=O) groups excluding carboxylic acids is 2. The Bertz CT molecular complexity index is 796. The molecular weight excluding hydrogens is 363 g/mol.